The minimum atomic E-state index is -5.27. The normalized spacial score (nSPS) is 14.4. The van der Waals surface area contributed by atoms with E-state index in [1.807, 2.05) is 10.6 Å². The molecule has 2 rings (SSSR count). The highest BCUT2D eigenvalue weighted by Crippen LogP contribution is 2.43. The Balaban J connectivity index is 2.39. The van der Waals surface area contributed by atoms with Gasteiger partial charge in [0, 0.05) is 25.4 Å². The Morgan fingerprint density at radius 1 is 0.902 bits per heavy atom. The van der Waals surface area contributed by atoms with E-state index in [0.29, 0.717) is 16.6 Å². The second-order valence-electron chi connectivity index (χ2n) is 8.47. The van der Waals surface area contributed by atoms with Crippen molar-refractivity contribution in [1.29, 1.82) is 0 Å². The van der Waals surface area contributed by atoms with E-state index in [0.717, 1.165) is 19.1 Å². The van der Waals surface area contributed by atoms with Gasteiger partial charge in [-0.3, -0.25) is 9.59 Å². The van der Waals surface area contributed by atoms with Crippen LogP contribution in [0.1, 0.15) is 52.7 Å². The maximum Gasteiger partial charge on any atom is 0.417 e. The van der Waals surface area contributed by atoms with Gasteiger partial charge in [-0.2, -0.15) is 39.5 Å². The largest absolute Gasteiger partial charge is 0.417 e. The molecule has 41 heavy (non-hydrogen) atoms. The van der Waals surface area contributed by atoms with Gasteiger partial charge in [-0.15, -0.1) is 0 Å². The molecule has 0 aliphatic carbocycles. The molecule has 0 saturated heterocycles. The number of carbonyl (C=O) groups is 2. The number of alkyl halides is 9. The first-order valence-corrected chi connectivity index (χ1v) is 13.4. The molecule has 226 valence electrons. The summed E-state index contributed by atoms with van der Waals surface area (Å²) < 4.78 is 135. The van der Waals surface area contributed by atoms with E-state index in [2.05, 4.69) is 47.8 Å². The first kappa shape index (κ1) is 35.1. The molecule has 2 aromatic carbocycles. The van der Waals surface area contributed by atoms with Crippen LogP contribution < -0.4 is 10.6 Å². The lowest BCUT2D eigenvalue weighted by molar-refractivity contribution is -0.144. The average Bonchev–Trinajstić information content (AvgIpc) is 2.82. The van der Waals surface area contributed by atoms with E-state index in [4.69, 9.17) is 0 Å². The van der Waals surface area contributed by atoms with Crippen molar-refractivity contribution in [2.45, 2.75) is 50.4 Å². The van der Waals surface area contributed by atoms with Crippen LogP contribution in [0.25, 0.3) is 5.83 Å². The van der Waals surface area contributed by atoms with Gasteiger partial charge in [0.15, 0.2) is 0 Å². The van der Waals surface area contributed by atoms with Crippen LogP contribution in [0.4, 0.5) is 43.9 Å². The van der Waals surface area contributed by atoms with Crippen molar-refractivity contribution in [2.75, 3.05) is 0 Å². The Bertz CT molecular complexity index is 1300. The van der Waals surface area contributed by atoms with Gasteiger partial charge in [0.25, 0.3) is 5.91 Å². The zero-order valence-corrected chi connectivity index (χ0v) is 25.0. The van der Waals surface area contributed by atoms with Gasteiger partial charge in [-0.1, -0.05) is 6.07 Å². The Kier molecular flexibility index (Phi) is 11.5. The third kappa shape index (κ3) is 10.3. The molecule has 0 saturated carbocycles. The zero-order valence-electron chi connectivity index (χ0n) is 20.3. The highest BCUT2D eigenvalue weighted by Gasteiger charge is 2.41. The van der Waals surface area contributed by atoms with Gasteiger partial charge >= 0.3 is 18.5 Å². The minimum absolute atomic E-state index is 0.0932. The average molecular weight is 795 g/mol. The fourth-order valence-corrected chi connectivity index (χ4v) is 4.83. The molecular weight excluding hydrogens is 778 g/mol. The van der Waals surface area contributed by atoms with Crippen molar-refractivity contribution in [3.63, 3.8) is 0 Å². The lowest BCUT2D eigenvalue weighted by Crippen LogP contribution is -2.46. The van der Waals surface area contributed by atoms with Gasteiger partial charge in [-0.05, 0) is 90.6 Å². The summed E-state index contributed by atoms with van der Waals surface area (Å²) in [5, 5.41) is 3.92. The SMILES string of the molecule is C[C@H](NC(=O)CCC(F)(F)F)NC(=O)c1ccc(/C(F)=C/C(c2cc(Br)c(Br)c(Br)c2)C(F)(F)F)cc1C(F)(F)F. The summed E-state index contributed by atoms with van der Waals surface area (Å²) in [6, 6.07) is 3.43. The molecule has 0 aromatic heterocycles. The molecule has 4 nitrogen and oxygen atoms in total. The Labute approximate surface area is 251 Å². The summed E-state index contributed by atoms with van der Waals surface area (Å²) in [5.74, 6) is -6.81. The summed E-state index contributed by atoms with van der Waals surface area (Å²) in [5.41, 5.74) is -4.12. The molecule has 0 radical (unpaired) electrons. The third-order valence-electron chi connectivity index (χ3n) is 5.24. The van der Waals surface area contributed by atoms with Gasteiger partial charge in [0.1, 0.15) is 11.7 Å². The van der Waals surface area contributed by atoms with Crippen molar-refractivity contribution in [3.05, 3.63) is 72.1 Å². The molecule has 2 N–H and O–H groups in total. The van der Waals surface area contributed by atoms with Crippen LogP contribution in [-0.2, 0) is 11.0 Å². The summed E-state index contributed by atoms with van der Waals surface area (Å²) in [4.78, 5) is 24.1. The van der Waals surface area contributed by atoms with Crippen LogP contribution in [0.5, 0.6) is 0 Å². The zero-order chi connectivity index (χ0) is 31.5. The summed E-state index contributed by atoms with van der Waals surface area (Å²) >= 11 is 9.22. The van der Waals surface area contributed by atoms with Gasteiger partial charge in [-0.25, -0.2) is 4.39 Å². The molecule has 0 bridgehead atoms. The van der Waals surface area contributed by atoms with E-state index in [9.17, 15) is 49.1 Å². The van der Waals surface area contributed by atoms with Crippen molar-refractivity contribution >= 4 is 65.4 Å². The van der Waals surface area contributed by atoms with Gasteiger partial charge in [0.2, 0.25) is 5.91 Å². The molecule has 0 spiro atoms. The molecular formula is C24H17Br3F10N2O2. The quantitative estimate of drug-likeness (QED) is 0.159. The monoisotopic (exact) mass is 792 g/mol. The topological polar surface area (TPSA) is 58.2 Å². The first-order chi connectivity index (χ1) is 18.6. The second-order valence-corrected chi connectivity index (χ2v) is 11.0. The van der Waals surface area contributed by atoms with Gasteiger partial charge < -0.3 is 10.6 Å². The van der Waals surface area contributed by atoms with Crippen molar-refractivity contribution in [2.24, 2.45) is 0 Å². The van der Waals surface area contributed by atoms with E-state index >= 15 is 4.39 Å². The van der Waals surface area contributed by atoms with Crippen LogP contribution in [-0.4, -0.2) is 30.3 Å². The predicted molar refractivity (Wildman–Crippen MR) is 139 cm³/mol. The number of benzene rings is 2. The van der Waals surface area contributed by atoms with Crippen LogP contribution in [0.15, 0.2) is 49.8 Å². The maximum absolute atomic E-state index is 15.0. The standard InChI is InChI=1S/C24H17Br3F10N2O2/c1-10(38-19(40)4-5-22(29,30)31)39-21(41)13-3-2-11(6-15(13)24(35,36)37)18(28)9-14(23(32,33)34)12-7-16(25)20(27)17(26)8-12/h2-3,6-10,14H,4-5H2,1H3,(H,38,40)(H,39,41)/b18-9-/t10-,14?/m1/s1. The summed E-state index contributed by atoms with van der Waals surface area (Å²) in [6.45, 7) is 1.07. The lowest BCUT2D eigenvalue weighted by Gasteiger charge is -2.20. The Morgan fingerprint density at radius 3 is 1.95 bits per heavy atom. The number of halogens is 13. The maximum atomic E-state index is 15.0. The number of amides is 2. The number of hydrogen-bond acceptors (Lipinski definition) is 2. The predicted octanol–water partition coefficient (Wildman–Crippen LogP) is 9.18. The summed E-state index contributed by atoms with van der Waals surface area (Å²) in [6.07, 6.45) is -18.7. The highest BCUT2D eigenvalue weighted by atomic mass is 79.9. The Hall–Kier alpha value is -2.14. The third-order valence-corrected chi connectivity index (χ3v) is 8.41. The van der Waals surface area contributed by atoms with Crippen LogP contribution in [0, 0.1) is 0 Å². The summed E-state index contributed by atoms with van der Waals surface area (Å²) in [7, 11) is 0. The molecule has 0 aliphatic rings. The number of rotatable bonds is 8. The number of allylic oxidation sites excluding steroid dienone is 1. The van der Waals surface area contributed by atoms with Crippen molar-refractivity contribution in [3.8, 4) is 0 Å². The van der Waals surface area contributed by atoms with Crippen LogP contribution in [0.2, 0.25) is 0 Å². The van der Waals surface area contributed by atoms with Crippen LogP contribution in [0.3, 0.4) is 0 Å². The Morgan fingerprint density at radius 2 is 1.46 bits per heavy atom. The molecule has 0 aliphatic heterocycles. The van der Waals surface area contributed by atoms with E-state index in [1.165, 1.54) is 0 Å². The van der Waals surface area contributed by atoms with E-state index in [-0.39, 0.29) is 21.1 Å². The molecule has 0 fully saturated rings. The molecule has 17 heteroatoms. The highest BCUT2D eigenvalue weighted by molar-refractivity contribution is 9.14. The lowest BCUT2D eigenvalue weighted by atomic mass is 9.95. The number of nitrogens with one attached hydrogen (secondary N) is 2. The first-order valence-electron chi connectivity index (χ1n) is 11.1. The van der Waals surface area contributed by atoms with Gasteiger partial charge in [0.05, 0.1) is 23.7 Å². The van der Waals surface area contributed by atoms with Crippen molar-refractivity contribution < 1.29 is 53.5 Å². The fourth-order valence-electron chi connectivity index (χ4n) is 3.38. The molecule has 2 amide bonds. The molecule has 2 atom stereocenters. The van der Waals surface area contributed by atoms with Crippen molar-refractivity contribution in [1.82, 2.24) is 10.6 Å². The number of hydrogen-bond donors (Lipinski definition) is 2. The smallest absolute Gasteiger partial charge is 0.336 e. The van der Waals surface area contributed by atoms with E-state index in [1.54, 1.807) is 0 Å². The molecule has 0 heterocycles. The molecule has 2 aromatic rings. The minimum Gasteiger partial charge on any atom is -0.336 e. The van der Waals surface area contributed by atoms with Crippen LogP contribution >= 0.6 is 47.8 Å². The second kappa shape index (κ2) is 13.4. The fraction of sp³-hybridized carbons (Fsp3) is 0.333. The van der Waals surface area contributed by atoms with E-state index < -0.39 is 83.3 Å². The number of carbonyl (C=O) groups excluding carboxylic acids is 2. The molecule has 1 unspecified atom stereocenters.